The van der Waals surface area contributed by atoms with Gasteiger partial charge in [-0.3, -0.25) is 14.4 Å². The fraction of sp³-hybridized carbons (Fsp3) is 0.419. The first-order valence-corrected chi connectivity index (χ1v) is 14.8. The van der Waals surface area contributed by atoms with E-state index >= 15 is 0 Å². The molecule has 2 aliphatic rings. The standard InChI is InChI=1S/C31H34ClFN4O6/c1-3-42-31(41)43-37-19-25(28(38)30(40)36-14-12-34(2)13-15-36)23-17-24(26(32)18-27(23)37)29(39)35-10-8-21(9-11-35)16-20-4-6-22(33)7-5-20/h4-7,17-19,21H,3,8-16H2,1-2H3. The molecule has 5 rings (SSSR count). The Labute approximate surface area is 253 Å². The number of likely N-dealkylation sites (tertiary alicyclic amines) is 1. The number of amides is 2. The highest BCUT2D eigenvalue weighted by atomic mass is 35.5. The summed E-state index contributed by atoms with van der Waals surface area (Å²) < 4.78 is 19.2. The van der Waals surface area contributed by atoms with E-state index in [1.807, 2.05) is 7.05 Å². The maximum atomic E-state index is 13.7. The SMILES string of the molecule is CCOC(=O)On1cc(C(=O)C(=O)N2CCN(C)CC2)c2cc(C(=O)N3CCC(Cc4ccc(F)cc4)CC3)c(Cl)cc21. The summed E-state index contributed by atoms with van der Waals surface area (Å²) in [7, 11) is 1.94. The van der Waals surface area contributed by atoms with Crippen LogP contribution in [0.3, 0.4) is 0 Å². The molecule has 3 heterocycles. The van der Waals surface area contributed by atoms with Crippen LogP contribution in [0.2, 0.25) is 5.02 Å². The highest BCUT2D eigenvalue weighted by Gasteiger charge is 2.31. The predicted octanol–water partition coefficient (Wildman–Crippen LogP) is 4.07. The van der Waals surface area contributed by atoms with Gasteiger partial charge in [0.25, 0.3) is 17.6 Å². The number of piperazine rings is 1. The van der Waals surface area contributed by atoms with E-state index in [-0.39, 0.29) is 45.4 Å². The van der Waals surface area contributed by atoms with Crippen LogP contribution in [-0.2, 0) is 16.0 Å². The molecule has 3 aromatic rings. The molecule has 0 radical (unpaired) electrons. The van der Waals surface area contributed by atoms with Crippen molar-refractivity contribution in [1.29, 1.82) is 0 Å². The average molecular weight is 613 g/mol. The third kappa shape index (κ3) is 6.83. The Kier molecular flexibility index (Phi) is 9.31. The molecule has 1 aromatic heterocycles. The van der Waals surface area contributed by atoms with E-state index in [9.17, 15) is 23.6 Å². The van der Waals surface area contributed by atoms with E-state index in [1.165, 1.54) is 35.4 Å². The van der Waals surface area contributed by atoms with Crippen LogP contribution in [0.15, 0.2) is 42.6 Å². The molecule has 2 aromatic carbocycles. The molecule has 43 heavy (non-hydrogen) atoms. The second-order valence-corrected chi connectivity index (χ2v) is 11.4. The first-order chi connectivity index (χ1) is 20.6. The van der Waals surface area contributed by atoms with Crippen molar-refractivity contribution in [3.8, 4) is 0 Å². The van der Waals surface area contributed by atoms with Crippen molar-refractivity contribution in [3.63, 3.8) is 0 Å². The Hall–Kier alpha value is -3.96. The van der Waals surface area contributed by atoms with Gasteiger partial charge in [-0.2, -0.15) is 4.73 Å². The Morgan fingerprint density at radius 2 is 1.60 bits per heavy atom. The van der Waals surface area contributed by atoms with Gasteiger partial charge in [-0.05, 0) is 69.0 Å². The lowest BCUT2D eigenvalue weighted by Gasteiger charge is -2.32. The lowest BCUT2D eigenvalue weighted by Crippen LogP contribution is -2.49. The van der Waals surface area contributed by atoms with Gasteiger partial charge >= 0.3 is 6.16 Å². The summed E-state index contributed by atoms with van der Waals surface area (Å²) in [5.41, 5.74) is 1.47. The van der Waals surface area contributed by atoms with Gasteiger partial charge in [0.2, 0.25) is 0 Å². The normalized spacial score (nSPS) is 16.4. The summed E-state index contributed by atoms with van der Waals surface area (Å²) in [4.78, 5) is 63.0. The largest absolute Gasteiger partial charge is 0.533 e. The number of rotatable bonds is 7. The van der Waals surface area contributed by atoms with Crippen molar-refractivity contribution >= 4 is 46.3 Å². The van der Waals surface area contributed by atoms with Gasteiger partial charge in [-0.1, -0.05) is 23.7 Å². The molecular weight excluding hydrogens is 579 g/mol. The van der Waals surface area contributed by atoms with Crippen molar-refractivity contribution in [2.45, 2.75) is 26.2 Å². The summed E-state index contributed by atoms with van der Waals surface area (Å²) in [6.45, 7) is 4.82. The Morgan fingerprint density at radius 1 is 0.930 bits per heavy atom. The highest BCUT2D eigenvalue weighted by molar-refractivity contribution is 6.45. The van der Waals surface area contributed by atoms with E-state index in [1.54, 1.807) is 24.0 Å². The van der Waals surface area contributed by atoms with Crippen LogP contribution in [0.25, 0.3) is 10.9 Å². The number of halogens is 2. The fourth-order valence-electron chi connectivity index (χ4n) is 5.59. The van der Waals surface area contributed by atoms with Gasteiger partial charge in [0, 0.05) is 44.7 Å². The smallest absolute Gasteiger partial charge is 0.433 e. The average Bonchev–Trinajstić information content (AvgIpc) is 3.34. The number of fused-ring (bicyclic) bond motifs is 1. The molecule has 2 amide bonds. The van der Waals surface area contributed by atoms with Gasteiger partial charge in [0.15, 0.2) is 0 Å². The number of hydrogen-bond acceptors (Lipinski definition) is 7. The summed E-state index contributed by atoms with van der Waals surface area (Å²) >= 11 is 6.59. The summed E-state index contributed by atoms with van der Waals surface area (Å²) in [5, 5.41) is 0.373. The molecule has 2 aliphatic heterocycles. The molecule has 10 nitrogen and oxygen atoms in total. The zero-order chi connectivity index (χ0) is 30.7. The van der Waals surface area contributed by atoms with Crippen molar-refractivity contribution in [2.75, 3.05) is 52.9 Å². The van der Waals surface area contributed by atoms with Gasteiger partial charge < -0.3 is 24.3 Å². The number of nitrogens with zero attached hydrogens (tertiary/aromatic N) is 4. The summed E-state index contributed by atoms with van der Waals surface area (Å²) in [5.74, 6) is -1.66. The highest BCUT2D eigenvalue weighted by Crippen LogP contribution is 2.31. The molecule has 0 unspecified atom stereocenters. The van der Waals surface area contributed by atoms with Crippen LogP contribution in [0.5, 0.6) is 0 Å². The van der Waals surface area contributed by atoms with Crippen LogP contribution in [0.4, 0.5) is 9.18 Å². The van der Waals surface area contributed by atoms with Crippen molar-refractivity contribution < 1.29 is 33.1 Å². The first-order valence-electron chi connectivity index (χ1n) is 14.4. The minimum atomic E-state index is -0.997. The molecule has 0 aliphatic carbocycles. The lowest BCUT2D eigenvalue weighted by atomic mass is 9.90. The number of ketones is 1. The number of piperidine rings is 1. The molecule has 0 saturated carbocycles. The van der Waals surface area contributed by atoms with E-state index in [0.717, 1.165) is 29.6 Å². The second kappa shape index (κ2) is 13.1. The maximum absolute atomic E-state index is 13.7. The van der Waals surface area contributed by atoms with Crippen molar-refractivity contribution in [1.82, 2.24) is 19.4 Å². The predicted molar refractivity (Wildman–Crippen MR) is 158 cm³/mol. The quantitative estimate of drug-likeness (QED) is 0.225. The number of carbonyl (C=O) groups is 4. The molecule has 228 valence electrons. The zero-order valence-corrected chi connectivity index (χ0v) is 24.9. The Morgan fingerprint density at radius 3 is 2.26 bits per heavy atom. The number of carbonyl (C=O) groups excluding carboxylic acids is 4. The number of aromatic nitrogens is 1. The first kappa shape index (κ1) is 30.5. The topological polar surface area (TPSA) is 101 Å². The number of ether oxygens (including phenoxy) is 1. The Balaban J connectivity index is 1.39. The second-order valence-electron chi connectivity index (χ2n) is 11.0. The summed E-state index contributed by atoms with van der Waals surface area (Å²) in [6, 6.07) is 9.41. The zero-order valence-electron chi connectivity index (χ0n) is 24.2. The minimum Gasteiger partial charge on any atom is -0.433 e. The number of likely N-dealkylation sites (N-methyl/N-ethyl adjacent to an activating group) is 1. The molecule has 12 heteroatoms. The number of hydrogen-bond donors (Lipinski definition) is 0. The van der Waals surface area contributed by atoms with E-state index in [0.29, 0.717) is 45.2 Å². The Bertz CT molecular complexity index is 1530. The van der Waals surface area contributed by atoms with Gasteiger partial charge in [0.05, 0.1) is 34.5 Å². The minimum absolute atomic E-state index is 0.00745. The van der Waals surface area contributed by atoms with Crippen LogP contribution in [0.1, 0.15) is 46.0 Å². The molecule has 0 N–H and O–H groups in total. The van der Waals surface area contributed by atoms with Crippen LogP contribution >= 0.6 is 11.6 Å². The third-order valence-corrected chi connectivity index (χ3v) is 8.41. The molecule has 0 atom stereocenters. The fourth-order valence-corrected chi connectivity index (χ4v) is 5.83. The number of Topliss-reactive ketones (excluding diaryl/α,β-unsaturated/α-hetero) is 1. The molecule has 2 fully saturated rings. The van der Waals surface area contributed by atoms with Crippen LogP contribution in [-0.4, -0.2) is 96.1 Å². The van der Waals surface area contributed by atoms with Gasteiger partial charge in [0.1, 0.15) is 5.82 Å². The van der Waals surface area contributed by atoms with Gasteiger partial charge in [-0.15, -0.1) is 0 Å². The van der Waals surface area contributed by atoms with Crippen molar-refractivity contribution in [3.05, 3.63) is 70.1 Å². The molecule has 2 saturated heterocycles. The lowest BCUT2D eigenvalue weighted by molar-refractivity contribution is -0.127. The van der Waals surface area contributed by atoms with E-state index in [2.05, 4.69) is 4.90 Å². The monoisotopic (exact) mass is 612 g/mol. The molecule has 0 bridgehead atoms. The van der Waals surface area contributed by atoms with E-state index < -0.39 is 17.8 Å². The van der Waals surface area contributed by atoms with Crippen molar-refractivity contribution in [2.24, 2.45) is 5.92 Å². The van der Waals surface area contributed by atoms with Gasteiger partial charge in [-0.25, -0.2) is 9.18 Å². The molecule has 0 spiro atoms. The number of benzene rings is 2. The summed E-state index contributed by atoms with van der Waals surface area (Å²) in [6.07, 6.45) is 2.61. The maximum Gasteiger partial charge on any atom is 0.533 e. The van der Waals surface area contributed by atoms with E-state index in [4.69, 9.17) is 21.2 Å². The van der Waals surface area contributed by atoms with Crippen LogP contribution in [0, 0.1) is 11.7 Å². The van der Waals surface area contributed by atoms with Crippen LogP contribution < -0.4 is 4.84 Å². The molecular formula is C31H34ClFN4O6. The third-order valence-electron chi connectivity index (χ3n) is 8.09.